The Kier molecular flexibility index (Phi) is 4.36. The predicted molar refractivity (Wildman–Crippen MR) is 96.9 cm³/mol. The van der Waals surface area contributed by atoms with E-state index in [1.165, 1.54) is 16.7 Å². The number of aromatic nitrogens is 5. The van der Waals surface area contributed by atoms with Crippen molar-refractivity contribution in [1.29, 1.82) is 0 Å². The first-order valence-corrected chi connectivity index (χ1v) is 8.83. The Balaban J connectivity index is 1.35. The molecule has 0 spiro atoms. The quantitative estimate of drug-likeness (QED) is 0.735. The SMILES string of the molecule is Cn1cc(-c2ccc(CN3CCC(c4nncn4C)CC3)cc2)cn1. The van der Waals surface area contributed by atoms with Gasteiger partial charge in [-0.05, 0) is 37.1 Å². The van der Waals surface area contributed by atoms with E-state index in [4.69, 9.17) is 0 Å². The maximum atomic E-state index is 4.28. The monoisotopic (exact) mass is 336 g/mol. The van der Waals surface area contributed by atoms with E-state index in [0.29, 0.717) is 5.92 Å². The first kappa shape index (κ1) is 16.0. The van der Waals surface area contributed by atoms with Gasteiger partial charge in [0, 0.05) is 38.3 Å². The van der Waals surface area contributed by atoms with Crippen molar-refractivity contribution >= 4 is 0 Å². The number of aryl methyl sites for hydroxylation is 2. The summed E-state index contributed by atoms with van der Waals surface area (Å²) in [5.41, 5.74) is 3.75. The van der Waals surface area contributed by atoms with Crippen molar-refractivity contribution in [3.05, 3.63) is 54.4 Å². The van der Waals surface area contributed by atoms with Crippen LogP contribution in [0.5, 0.6) is 0 Å². The van der Waals surface area contributed by atoms with Crippen molar-refractivity contribution in [2.75, 3.05) is 13.1 Å². The van der Waals surface area contributed by atoms with Crippen LogP contribution in [0.4, 0.5) is 0 Å². The van der Waals surface area contributed by atoms with Crippen LogP contribution >= 0.6 is 0 Å². The van der Waals surface area contributed by atoms with Crippen molar-refractivity contribution in [2.45, 2.75) is 25.3 Å². The zero-order chi connectivity index (χ0) is 17.2. The van der Waals surface area contributed by atoms with Gasteiger partial charge in [0.2, 0.25) is 0 Å². The van der Waals surface area contributed by atoms with Gasteiger partial charge in [-0.3, -0.25) is 9.58 Å². The van der Waals surface area contributed by atoms with Crippen LogP contribution in [0.1, 0.15) is 30.1 Å². The molecular formula is C19H24N6. The lowest BCUT2D eigenvalue weighted by Crippen LogP contribution is -2.33. The summed E-state index contributed by atoms with van der Waals surface area (Å²) in [7, 11) is 3.98. The number of likely N-dealkylation sites (tertiary alicyclic amines) is 1. The molecule has 1 aliphatic rings. The average molecular weight is 336 g/mol. The minimum Gasteiger partial charge on any atom is -0.320 e. The molecule has 6 nitrogen and oxygen atoms in total. The molecule has 1 aliphatic heterocycles. The summed E-state index contributed by atoms with van der Waals surface area (Å²) in [5.74, 6) is 1.66. The van der Waals surface area contributed by atoms with Gasteiger partial charge in [-0.2, -0.15) is 5.10 Å². The Bertz CT molecular complexity index is 824. The second-order valence-electron chi connectivity index (χ2n) is 6.95. The van der Waals surface area contributed by atoms with Crippen molar-refractivity contribution < 1.29 is 0 Å². The predicted octanol–water partition coefficient (Wildman–Crippen LogP) is 2.60. The van der Waals surface area contributed by atoms with Crippen LogP contribution < -0.4 is 0 Å². The second-order valence-corrected chi connectivity index (χ2v) is 6.95. The van der Waals surface area contributed by atoms with Gasteiger partial charge >= 0.3 is 0 Å². The molecule has 0 bridgehead atoms. The van der Waals surface area contributed by atoms with E-state index in [0.717, 1.165) is 38.3 Å². The second kappa shape index (κ2) is 6.80. The topological polar surface area (TPSA) is 51.8 Å². The van der Waals surface area contributed by atoms with Crippen LogP contribution in [0, 0.1) is 0 Å². The van der Waals surface area contributed by atoms with Crippen LogP contribution in [0.3, 0.4) is 0 Å². The number of hydrogen-bond donors (Lipinski definition) is 0. The van der Waals surface area contributed by atoms with E-state index in [9.17, 15) is 0 Å². The number of rotatable bonds is 4. The summed E-state index contributed by atoms with van der Waals surface area (Å²) < 4.78 is 3.89. The third kappa shape index (κ3) is 3.49. The van der Waals surface area contributed by atoms with Crippen LogP contribution in [-0.2, 0) is 20.6 Å². The summed E-state index contributed by atoms with van der Waals surface area (Å²) in [6.07, 6.45) is 8.06. The number of benzene rings is 1. The fraction of sp³-hybridized carbons (Fsp3) is 0.421. The maximum Gasteiger partial charge on any atom is 0.135 e. The molecule has 1 saturated heterocycles. The standard InChI is InChI=1S/C19H24N6/c1-23-14-20-22-19(23)17-7-9-25(10-8-17)12-15-3-5-16(6-4-15)18-11-21-24(2)13-18/h3-6,11,13-14,17H,7-10,12H2,1-2H3. The Labute approximate surface area is 148 Å². The minimum atomic E-state index is 0.539. The van der Waals surface area contributed by atoms with E-state index in [2.05, 4.69) is 49.0 Å². The summed E-state index contributed by atoms with van der Waals surface area (Å²) in [5, 5.41) is 12.5. The first-order chi connectivity index (χ1) is 12.2. The van der Waals surface area contributed by atoms with Crippen molar-refractivity contribution in [3.8, 4) is 11.1 Å². The van der Waals surface area contributed by atoms with E-state index >= 15 is 0 Å². The Morgan fingerprint density at radius 2 is 1.80 bits per heavy atom. The normalized spacial score (nSPS) is 16.4. The molecule has 1 fully saturated rings. The highest BCUT2D eigenvalue weighted by molar-refractivity contribution is 5.61. The van der Waals surface area contributed by atoms with Gasteiger partial charge in [0.05, 0.1) is 6.20 Å². The van der Waals surface area contributed by atoms with Crippen molar-refractivity contribution in [2.24, 2.45) is 14.1 Å². The third-order valence-corrected chi connectivity index (χ3v) is 5.10. The highest BCUT2D eigenvalue weighted by Gasteiger charge is 2.23. The lowest BCUT2D eigenvalue weighted by molar-refractivity contribution is 0.200. The molecule has 3 heterocycles. The molecule has 130 valence electrons. The summed E-state index contributed by atoms with van der Waals surface area (Å²) >= 11 is 0. The van der Waals surface area contributed by atoms with Gasteiger partial charge in [-0.15, -0.1) is 10.2 Å². The summed E-state index contributed by atoms with van der Waals surface area (Å²) in [6.45, 7) is 3.24. The minimum absolute atomic E-state index is 0.539. The van der Waals surface area contributed by atoms with Crippen molar-refractivity contribution in [3.63, 3.8) is 0 Å². The Morgan fingerprint density at radius 1 is 1.04 bits per heavy atom. The van der Waals surface area contributed by atoms with Gasteiger partial charge < -0.3 is 4.57 Å². The molecule has 25 heavy (non-hydrogen) atoms. The van der Waals surface area contributed by atoms with E-state index < -0.39 is 0 Å². The highest BCUT2D eigenvalue weighted by atomic mass is 15.3. The summed E-state index contributed by atoms with van der Waals surface area (Å²) in [6, 6.07) is 8.85. The maximum absolute atomic E-state index is 4.28. The molecule has 0 saturated carbocycles. The Morgan fingerprint density at radius 3 is 2.40 bits per heavy atom. The summed E-state index contributed by atoms with van der Waals surface area (Å²) in [4.78, 5) is 2.53. The Hall–Kier alpha value is -2.47. The number of nitrogens with zero attached hydrogens (tertiary/aromatic N) is 6. The molecule has 3 aromatic rings. The smallest absolute Gasteiger partial charge is 0.135 e. The fourth-order valence-electron chi connectivity index (χ4n) is 3.64. The van der Waals surface area contributed by atoms with E-state index in [-0.39, 0.29) is 0 Å². The van der Waals surface area contributed by atoms with Crippen LogP contribution in [0.25, 0.3) is 11.1 Å². The van der Waals surface area contributed by atoms with Gasteiger partial charge in [0.25, 0.3) is 0 Å². The molecule has 0 atom stereocenters. The van der Waals surface area contributed by atoms with Crippen LogP contribution in [-0.4, -0.2) is 42.5 Å². The van der Waals surface area contributed by atoms with Gasteiger partial charge in [0.15, 0.2) is 0 Å². The molecule has 0 aliphatic carbocycles. The first-order valence-electron chi connectivity index (χ1n) is 8.83. The molecule has 6 heteroatoms. The number of piperidine rings is 1. The highest BCUT2D eigenvalue weighted by Crippen LogP contribution is 2.27. The average Bonchev–Trinajstić information content (AvgIpc) is 3.25. The van der Waals surface area contributed by atoms with Gasteiger partial charge in [-0.25, -0.2) is 0 Å². The molecule has 0 N–H and O–H groups in total. The molecular weight excluding hydrogens is 312 g/mol. The van der Waals surface area contributed by atoms with E-state index in [1.807, 2.05) is 31.2 Å². The van der Waals surface area contributed by atoms with Gasteiger partial charge in [0.1, 0.15) is 12.2 Å². The van der Waals surface area contributed by atoms with Crippen LogP contribution in [0.2, 0.25) is 0 Å². The number of hydrogen-bond acceptors (Lipinski definition) is 4. The van der Waals surface area contributed by atoms with Crippen LogP contribution in [0.15, 0.2) is 43.0 Å². The molecule has 1 aromatic carbocycles. The fourth-order valence-corrected chi connectivity index (χ4v) is 3.64. The molecule has 0 radical (unpaired) electrons. The molecule has 4 rings (SSSR count). The van der Waals surface area contributed by atoms with E-state index in [1.54, 1.807) is 6.33 Å². The largest absolute Gasteiger partial charge is 0.320 e. The third-order valence-electron chi connectivity index (χ3n) is 5.10. The molecule has 0 amide bonds. The van der Waals surface area contributed by atoms with Gasteiger partial charge in [-0.1, -0.05) is 24.3 Å². The lowest BCUT2D eigenvalue weighted by atomic mass is 9.95. The van der Waals surface area contributed by atoms with Crippen molar-refractivity contribution in [1.82, 2.24) is 29.4 Å². The molecule has 0 unspecified atom stereocenters. The molecule has 2 aromatic heterocycles. The zero-order valence-corrected chi connectivity index (χ0v) is 14.8. The zero-order valence-electron chi connectivity index (χ0n) is 14.8. The lowest BCUT2D eigenvalue weighted by Gasteiger charge is -2.31.